The van der Waals surface area contributed by atoms with E-state index in [1.54, 1.807) is 24.3 Å². The molecule has 0 atom stereocenters. The highest BCUT2D eigenvalue weighted by atomic mass is 35.5. The molecule has 0 aliphatic carbocycles. The molecule has 1 aliphatic rings. The maximum atomic E-state index is 12.6. The van der Waals surface area contributed by atoms with Gasteiger partial charge in [0.25, 0.3) is 5.91 Å². The molecule has 1 aromatic heterocycles. The first-order valence-corrected chi connectivity index (χ1v) is 10.3. The van der Waals surface area contributed by atoms with Gasteiger partial charge in [0.15, 0.2) is 0 Å². The Morgan fingerprint density at radius 2 is 1.88 bits per heavy atom. The summed E-state index contributed by atoms with van der Waals surface area (Å²) in [7, 11) is -3.52. The van der Waals surface area contributed by atoms with Gasteiger partial charge in [0.1, 0.15) is 0 Å². The molecule has 1 fully saturated rings. The number of benzene rings is 1. The van der Waals surface area contributed by atoms with Gasteiger partial charge in [0.05, 0.1) is 20.5 Å². The zero-order valence-corrected chi connectivity index (χ0v) is 15.3. The van der Waals surface area contributed by atoms with Crippen molar-refractivity contribution in [3.05, 3.63) is 45.6 Å². The summed E-state index contributed by atoms with van der Waals surface area (Å²) in [6.07, 6.45) is 2.81. The topological polar surface area (TPSA) is 66.5 Å². The van der Waals surface area contributed by atoms with Crippen molar-refractivity contribution in [1.29, 1.82) is 0 Å². The van der Waals surface area contributed by atoms with Gasteiger partial charge in [-0.25, -0.2) is 8.42 Å². The highest BCUT2D eigenvalue weighted by Crippen LogP contribution is 2.27. The van der Waals surface area contributed by atoms with Crippen LogP contribution in [0.4, 0.5) is 5.69 Å². The summed E-state index contributed by atoms with van der Waals surface area (Å²) < 4.78 is 26.7. The molecule has 8 heteroatoms. The molecule has 3 rings (SSSR count). The van der Waals surface area contributed by atoms with Gasteiger partial charge in [0.2, 0.25) is 10.0 Å². The van der Waals surface area contributed by atoms with Crippen LogP contribution in [0.25, 0.3) is 0 Å². The first-order valence-electron chi connectivity index (χ1n) is 7.63. The monoisotopic (exact) mass is 384 g/mol. The molecule has 24 heavy (non-hydrogen) atoms. The lowest BCUT2D eigenvalue weighted by molar-refractivity contribution is 0.103. The minimum atomic E-state index is -3.52. The Morgan fingerprint density at radius 1 is 1.17 bits per heavy atom. The van der Waals surface area contributed by atoms with Crippen LogP contribution in [-0.2, 0) is 10.0 Å². The van der Waals surface area contributed by atoms with Gasteiger partial charge in [-0.1, -0.05) is 30.2 Å². The molecule has 0 spiro atoms. The van der Waals surface area contributed by atoms with Crippen molar-refractivity contribution >= 4 is 44.6 Å². The lowest BCUT2D eigenvalue weighted by atomic mass is 10.2. The SMILES string of the molecule is O=C(Nc1ccccc1Cl)c1cc(S(=O)(=O)N2CCCCC2)cs1. The van der Waals surface area contributed by atoms with Gasteiger partial charge in [-0.05, 0) is 31.0 Å². The standard InChI is InChI=1S/C16H17ClN2O3S2/c17-13-6-2-3-7-14(13)18-16(20)15-10-12(11-23-15)24(21,22)19-8-4-1-5-9-19/h2-3,6-7,10-11H,1,4-5,8-9H2,(H,18,20). The minimum absolute atomic E-state index is 0.179. The summed E-state index contributed by atoms with van der Waals surface area (Å²) in [6.45, 7) is 1.08. The van der Waals surface area contributed by atoms with Crippen molar-refractivity contribution in [2.45, 2.75) is 24.2 Å². The number of halogens is 1. The Kier molecular flexibility index (Phi) is 5.24. The lowest BCUT2D eigenvalue weighted by Gasteiger charge is -2.25. The van der Waals surface area contributed by atoms with Crippen molar-refractivity contribution in [2.24, 2.45) is 0 Å². The Hall–Kier alpha value is -1.41. The van der Waals surface area contributed by atoms with Crippen molar-refractivity contribution in [3.8, 4) is 0 Å². The van der Waals surface area contributed by atoms with Gasteiger partial charge < -0.3 is 5.32 Å². The molecule has 1 N–H and O–H groups in total. The van der Waals surface area contributed by atoms with E-state index in [9.17, 15) is 13.2 Å². The third-order valence-corrected chi connectivity index (χ3v) is 7.16. The largest absolute Gasteiger partial charge is 0.320 e. The zero-order chi connectivity index (χ0) is 17.2. The van der Waals surface area contributed by atoms with E-state index in [1.807, 2.05) is 0 Å². The number of sulfonamides is 1. The van der Waals surface area contributed by atoms with Crippen LogP contribution >= 0.6 is 22.9 Å². The summed E-state index contributed by atoms with van der Waals surface area (Å²) in [5, 5.41) is 4.66. The first kappa shape index (κ1) is 17.4. The Labute approximate surface area is 150 Å². The maximum absolute atomic E-state index is 12.6. The summed E-state index contributed by atoms with van der Waals surface area (Å²) >= 11 is 7.13. The van der Waals surface area contributed by atoms with E-state index in [0.29, 0.717) is 28.7 Å². The number of rotatable bonds is 4. The number of piperidine rings is 1. The Balaban J connectivity index is 1.77. The smallest absolute Gasteiger partial charge is 0.265 e. The van der Waals surface area contributed by atoms with Crippen LogP contribution < -0.4 is 5.32 Å². The molecular formula is C16H17ClN2O3S2. The van der Waals surface area contributed by atoms with E-state index in [4.69, 9.17) is 11.6 Å². The van der Waals surface area contributed by atoms with Crippen molar-refractivity contribution < 1.29 is 13.2 Å². The average Bonchev–Trinajstić information content (AvgIpc) is 3.09. The van der Waals surface area contributed by atoms with E-state index < -0.39 is 10.0 Å². The van der Waals surface area contributed by atoms with Crippen LogP contribution in [0.5, 0.6) is 0 Å². The van der Waals surface area contributed by atoms with Crippen LogP contribution in [-0.4, -0.2) is 31.7 Å². The molecule has 1 saturated heterocycles. The zero-order valence-electron chi connectivity index (χ0n) is 12.9. The number of amides is 1. The Morgan fingerprint density at radius 3 is 2.58 bits per heavy atom. The lowest BCUT2D eigenvalue weighted by Crippen LogP contribution is -2.35. The number of thiophene rings is 1. The quantitative estimate of drug-likeness (QED) is 0.871. The highest BCUT2D eigenvalue weighted by Gasteiger charge is 2.27. The first-order chi connectivity index (χ1) is 11.5. The fourth-order valence-electron chi connectivity index (χ4n) is 2.57. The number of nitrogens with zero attached hydrogens (tertiary/aromatic N) is 1. The van der Waals surface area contributed by atoms with E-state index in [2.05, 4.69) is 5.32 Å². The van der Waals surface area contributed by atoms with Crippen LogP contribution in [0.15, 0.2) is 40.6 Å². The number of carbonyl (C=O) groups excluding carboxylic acids is 1. The van der Waals surface area contributed by atoms with Gasteiger partial charge in [-0.15, -0.1) is 11.3 Å². The molecule has 5 nitrogen and oxygen atoms in total. The molecular weight excluding hydrogens is 368 g/mol. The van der Waals surface area contributed by atoms with E-state index in [-0.39, 0.29) is 10.8 Å². The number of anilines is 1. The molecule has 1 aromatic carbocycles. The predicted octanol–water partition coefficient (Wildman–Crippen LogP) is 3.83. The molecule has 128 valence electrons. The second-order valence-corrected chi connectivity index (χ2v) is 8.80. The second kappa shape index (κ2) is 7.23. The molecule has 2 heterocycles. The number of nitrogens with one attached hydrogen (secondary N) is 1. The van der Waals surface area contributed by atoms with Crippen molar-refractivity contribution in [2.75, 3.05) is 18.4 Å². The second-order valence-electron chi connectivity index (χ2n) is 5.55. The van der Waals surface area contributed by atoms with Crippen molar-refractivity contribution in [3.63, 3.8) is 0 Å². The third kappa shape index (κ3) is 3.64. The van der Waals surface area contributed by atoms with Gasteiger partial charge in [0, 0.05) is 18.5 Å². The fourth-order valence-corrected chi connectivity index (χ4v) is 5.43. The number of hydrogen-bond acceptors (Lipinski definition) is 4. The molecule has 0 unspecified atom stereocenters. The minimum Gasteiger partial charge on any atom is -0.320 e. The molecule has 0 saturated carbocycles. The summed E-state index contributed by atoms with van der Waals surface area (Å²) in [5.41, 5.74) is 0.498. The summed E-state index contributed by atoms with van der Waals surface area (Å²) in [5.74, 6) is -0.367. The van der Waals surface area contributed by atoms with Crippen LogP contribution in [0.3, 0.4) is 0 Å². The van der Waals surface area contributed by atoms with Gasteiger partial charge >= 0.3 is 0 Å². The number of para-hydroxylation sites is 1. The Bertz CT molecular complexity index is 843. The predicted molar refractivity (Wildman–Crippen MR) is 96.3 cm³/mol. The normalized spacial score (nSPS) is 16.0. The van der Waals surface area contributed by atoms with Crippen LogP contribution in [0.1, 0.15) is 28.9 Å². The van der Waals surface area contributed by atoms with Gasteiger partial charge in [-0.2, -0.15) is 4.31 Å². The third-order valence-electron chi connectivity index (χ3n) is 3.87. The molecule has 2 aromatic rings. The van der Waals surface area contributed by atoms with E-state index >= 15 is 0 Å². The molecule has 1 aliphatic heterocycles. The average molecular weight is 385 g/mol. The number of hydrogen-bond donors (Lipinski definition) is 1. The van der Waals surface area contributed by atoms with E-state index in [0.717, 1.165) is 30.6 Å². The summed E-state index contributed by atoms with van der Waals surface area (Å²) in [6, 6.07) is 8.34. The van der Waals surface area contributed by atoms with Crippen molar-refractivity contribution in [1.82, 2.24) is 4.31 Å². The molecule has 1 amide bonds. The van der Waals surface area contributed by atoms with Crippen LogP contribution in [0.2, 0.25) is 5.02 Å². The fraction of sp³-hybridized carbons (Fsp3) is 0.312. The molecule has 0 bridgehead atoms. The molecule has 0 radical (unpaired) electrons. The maximum Gasteiger partial charge on any atom is 0.265 e. The van der Waals surface area contributed by atoms with Gasteiger partial charge in [-0.3, -0.25) is 4.79 Å². The number of carbonyl (C=O) groups is 1. The van der Waals surface area contributed by atoms with Crippen LogP contribution in [0, 0.1) is 0 Å². The highest BCUT2D eigenvalue weighted by molar-refractivity contribution is 7.89. The van der Waals surface area contributed by atoms with E-state index in [1.165, 1.54) is 15.8 Å². The summed E-state index contributed by atoms with van der Waals surface area (Å²) in [4.78, 5) is 12.8.